The Kier molecular flexibility index (Phi) is 3.69. The molecule has 0 saturated carbocycles. The molecule has 0 atom stereocenters. The van der Waals surface area contributed by atoms with Gasteiger partial charge in [-0.2, -0.15) is 0 Å². The minimum Gasteiger partial charge on any atom is -0.354 e. The Hall–Kier alpha value is -2.94. The van der Waals surface area contributed by atoms with Crippen LogP contribution < -0.4 is 5.32 Å². The van der Waals surface area contributed by atoms with Crippen molar-refractivity contribution in [1.29, 1.82) is 0 Å². The Balaban J connectivity index is 1.98. The van der Waals surface area contributed by atoms with Crippen LogP contribution in [0.5, 0.6) is 0 Å². The third-order valence-corrected chi connectivity index (χ3v) is 5.17. The van der Waals surface area contributed by atoms with Gasteiger partial charge in [0.25, 0.3) is 0 Å². The molecule has 3 aromatic rings. The number of aryl methyl sites for hydroxylation is 5. The summed E-state index contributed by atoms with van der Waals surface area (Å²) in [5.41, 5.74) is 9.22. The first-order valence-electron chi connectivity index (χ1n) is 8.88. The zero-order valence-electron chi connectivity index (χ0n) is 15.8. The molecule has 2 aromatic carbocycles. The molecule has 1 aliphatic rings. The van der Waals surface area contributed by atoms with Crippen LogP contribution in [0.25, 0.3) is 16.8 Å². The summed E-state index contributed by atoms with van der Waals surface area (Å²) in [6.07, 6.45) is 3.55. The third kappa shape index (κ3) is 2.43. The van der Waals surface area contributed by atoms with Crippen LogP contribution in [-0.4, -0.2) is 10.8 Å². The van der Waals surface area contributed by atoms with Crippen molar-refractivity contribution in [3.63, 3.8) is 0 Å². The maximum Gasteiger partial charge on any atom is 0.188 e. The highest BCUT2D eigenvalue weighted by molar-refractivity contribution is 6.23. The average Bonchev–Trinajstić information content (AvgIpc) is 2.57. The molecule has 0 unspecified atom stereocenters. The average molecular weight is 342 g/mol. The number of aromatic nitrogens is 1. The predicted molar refractivity (Wildman–Crippen MR) is 109 cm³/mol. The van der Waals surface area contributed by atoms with Gasteiger partial charge in [0.1, 0.15) is 0 Å². The molecule has 1 aliphatic carbocycles. The highest BCUT2D eigenvalue weighted by Gasteiger charge is 2.22. The van der Waals surface area contributed by atoms with Gasteiger partial charge in [-0.1, -0.05) is 23.8 Å². The van der Waals surface area contributed by atoms with Crippen molar-refractivity contribution in [3.05, 3.63) is 69.5 Å². The second-order valence-corrected chi connectivity index (χ2v) is 7.20. The van der Waals surface area contributed by atoms with Crippen LogP contribution in [0.3, 0.4) is 0 Å². The number of hydrogen-bond acceptors (Lipinski definition) is 3. The number of carbonyl (C=O) groups is 1. The molecule has 0 spiro atoms. The molecular formula is C23H22N2O. The summed E-state index contributed by atoms with van der Waals surface area (Å²) >= 11 is 0. The normalized spacial score (nSPS) is 12.7. The van der Waals surface area contributed by atoms with Crippen molar-refractivity contribution >= 4 is 34.0 Å². The summed E-state index contributed by atoms with van der Waals surface area (Å²) in [7, 11) is 0. The molecule has 0 saturated heterocycles. The predicted octanol–water partition coefficient (Wildman–Crippen LogP) is 5.73. The molecule has 1 N–H and O–H groups in total. The highest BCUT2D eigenvalue weighted by Crippen LogP contribution is 2.37. The number of anilines is 2. The number of pyridine rings is 1. The maximum absolute atomic E-state index is 12.8. The van der Waals surface area contributed by atoms with E-state index < -0.39 is 0 Å². The summed E-state index contributed by atoms with van der Waals surface area (Å²) in [5.74, 6) is 0.0398. The first kappa shape index (κ1) is 16.5. The van der Waals surface area contributed by atoms with E-state index in [0.29, 0.717) is 0 Å². The smallest absolute Gasteiger partial charge is 0.188 e. The zero-order chi connectivity index (χ0) is 18.6. The fourth-order valence-electron chi connectivity index (χ4n) is 4.06. The Morgan fingerprint density at radius 2 is 1.58 bits per heavy atom. The van der Waals surface area contributed by atoms with Crippen LogP contribution in [0, 0.1) is 34.6 Å². The number of nitrogens with one attached hydrogen (secondary N) is 1. The standard InChI is InChI=1S/C23H22N2O/c1-12-10-13(2)23(14(3)11-12)25-19-8-6-17-15(4)24-16(5)18-7-9-20(26)22(19)21(17)18/h6-11,25H,1-5H3. The van der Waals surface area contributed by atoms with E-state index in [-0.39, 0.29) is 5.78 Å². The topological polar surface area (TPSA) is 42.0 Å². The molecule has 26 heavy (non-hydrogen) atoms. The molecule has 130 valence electrons. The van der Waals surface area contributed by atoms with Crippen LogP contribution in [0.1, 0.15) is 44.0 Å². The number of ketones is 1. The molecule has 0 aliphatic heterocycles. The van der Waals surface area contributed by atoms with Gasteiger partial charge in [0, 0.05) is 33.4 Å². The van der Waals surface area contributed by atoms with Gasteiger partial charge in [-0.05, 0) is 64.0 Å². The lowest BCUT2D eigenvalue weighted by molar-refractivity contribution is 0.104. The summed E-state index contributed by atoms with van der Waals surface area (Å²) in [5, 5.41) is 5.59. The van der Waals surface area contributed by atoms with E-state index in [1.54, 1.807) is 6.08 Å². The number of allylic oxidation sites excluding steroid dienone is 1. The lowest BCUT2D eigenvalue weighted by atomic mass is 9.89. The number of rotatable bonds is 2. The fraction of sp³-hybridized carbons (Fsp3) is 0.217. The number of benzene rings is 2. The van der Waals surface area contributed by atoms with Crippen molar-refractivity contribution < 1.29 is 4.79 Å². The Morgan fingerprint density at radius 1 is 0.885 bits per heavy atom. The molecule has 0 fully saturated rings. The van der Waals surface area contributed by atoms with E-state index in [1.807, 2.05) is 26.0 Å². The summed E-state index contributed by atoms with van der Waals surface area (Å²) in [6, 6.07) is 8.39. The Labute approximate surface area is 153 Å². The van der Waals surface area contributed by atoms with Gasteiger partial charge >= 0.3 is 0 Å². The molecule has 3 nitrogen and oxygen atoms in total. The van der Waals surface area contributed by atoms with E-state index >= 15 is 0 Å². The lowest BCUT2D eigenvalue weighted by Gasteiger charge is -2.21. The van der Waals surface area contributed by atoms with Gasteiger partial charge in [-0.3, -0.25) is 9.78 Å². The molecule has 0 bridgehead atoms. The monoisotopic (exact) mass is 342 g/mol. The van der Waals surface area contributed by atoms with Crippen molar-refractivity contribution in [2.45, 2.75) is 34.6 Å². The SMILES string of the molecule is Cc1cc(C)c(Nc2ccc3c(C)nc(C)c4c3c2C(=O)C=C4)c(C)c1. The van der Waals surface area contributed by atoms with Crippen LogP contribution in [0.2, 0.25) is 0 Å². The van der Waals surface area contributed by atoms with Crippen molar-refractivity contribution in [3.8, 4) is 0 Å². The molecule has 3 heteroatoms. The van der Waals surface area contributed by atoms with Gasteiger partial charge in [0.05, 0.1) is 11.3 Å². The number of carbonyl (C=O) groups excluding carboxylic acids is 1. The van der Waals surface area contributed by atoms with Gasteiger partial charge in [-0.25, -0.2) is 0 Å². The lowest BCUT2D eigenvalue weighted by Crippen LogP contribution is -2.09. The van der Waals surface area contributed by atoms with Gasteiger partial charge in [0.15, 0.2) is 5.78 Å². The number of hydrogen-bond donors (Lipinski definition) is 1. The largest absolute Gasteiger partial charge is 0.354 e. The highest BCUT2D eigenvalue weighted by atomic mass is 16.1. The van der Waals surface area contributed by atoms with E-state index in [4.69, 9.17) is 0 Å². The maximum atomic E-state index is 12.8. The van der Waals surface area contributed by atoms with Crippen LogP contribution in [0.15, 0.2) is 30.3 Å². The summed E-state index contributed by atoms with van der Waals surface area (Å²) in [6.45, 7) is 10.3. The van der Waals surface area contributed by atoms with Crippen molar-refractivity contribution in [2.24, 2.45) is 0 Å². The first-order valence-corrected chi connectivity index (χ1v) is 8.88. The molecule has 1 heterocycles. The van der Waals surface area contributed by atoms with Crippen LogP contribution in [0.4, 0.5) is 11.4 Å². The molecule has 0 amide bonds. The third-order valence-electron chi connectivity index (χ3n) is 5.17. The van der Waals surface area contributed by atoms with E-state index in [1.165, 1.54) is 16.7 Å². The van der Waals surface area contributed by atoms with Crippen molar-refractivity contribution in [2.75, 3.05) is 5.32 Å². The Morgan fingerprint density at radius 3 is 2.27 bits per heavy atom. The molecule has 4 rings (SSSR count). The number of nitrogens with zero attached hydrogens (tertiary/aromatic N) is 1. The second kappa shape index (κ2) is 5.80. The first-order chi connectivity index (χ1) is 12.4. The van der Waals surface area contributed by atoms with E-state index in [0.717, 1.165) is 44.7 Å². The molecule has 0 radical (unpaired) electrons. The van der Waals surface area contributed by atoms with Gasteiger partial charge in [0.2, 0.25) is 0 Å². The molecular weight excluding hydrogens is 320 g/mol. The van der Waals surface area contributed by atoms with E-state index in [9.17, 15) is 4.79 Å². The minimum atomic E-state index is 0.0398. The quantitative estimate of drug-likeness (QED) is 0.646. The van der Waals surface area contributed by atoms with Gasteiger partial charge in [-0.15, -0.1) is 0 Å². The Bertz CT molecular complexity index is 1100. The second-order valence-electron chi connectivity index (χ2n) is 7.20. The zero-order valence-corrected chi connectivity index (χ0v) is 15.8. The molecule has 1 aromatic heterocycles. The van der Waals surface area contributed by atoms with Gasteiger partial charge < -0.3 is 5.32 Å². The van der Waals surface area contributed by atoms with E-state index in [2.05, 4.69) is 49.3 Å². The van der Waals surface area contributed by atoms with Crippen LogP contribution >= 0.6 is 0 Å². The minimum absolute atomic E-state index is 0.0398. The summed E-state index contributed by atoms with van der Waals surface area (Å²) in [4.78, 5) is 17.4. The van der Waals surface area contributed by atoms with Crippen LogP contribution in [-0.2, 0) is 0 Å². The van der Waals surface area contributed by atoms with Crippen molar-refractivity contribution in [1.82, 2.24) is 4.98 Å². The fourth-order valence-corrected chi connectivity index (χ4v) is 4.06. The summed E-state index contributed by atoms with van der Waals surface area (Å²) < 4.78 is 0.